The largest absolute Gasteiger partial charge is 0.449 e. The van der Waals surface area contributed by atoms with Gasteiger partial charge in [0.1, 0.15) is 16.6 Å². The lowest BCUT2D eigenvalue weighted by molar-refractivity contribution is -0.123. The molecule has 0 radical (unpaired) electrons. The zero-order valence-corrected chi connectivity index (χ0v) is 13.2. The van der Waals surface area contributed by atoms with Crippen molar-refractivity contribution in [3.63, 3.8) is 0 Å². The summed E-state index contributed by atoms with van der Waals surface area (Å²) in [5, 5.41) is 4.17. The number of anilines is 1. The molecule has 0 saturated heterocycles. The number of rotatable bonds is 5. The third-order valence-corrected chi connectivity index (χ3v) is 3.80. The molecule has 1 unspecified atom stereocenters. The molecule has 126 valence electrons. The first-order valence-corrected chi connectivity index (χ1v) is 7.51. The maximum absolute atomic E-state index is 13.5. The fourth-order valence-corrected chi connectivity index (χ4v) is 2.54. The predicted octanol–water partition coefficient (Wildman–Crippen LogP) is 2.31. The quantitative estimate of drug-likeness (QED) is 0.805. The third-order valence-electron chi connectivity index (χ3n) is 2.97. The highest BCUT2D eigenvalue weighted by atomic mass is 32.1. The van der Waals surface area contributed by atoms with Gasteiger partial charge in [-0.1, -0.05) is 0 Å². The number of carbonyl (C=O) groups is 3. The molecule has 0 aliphatic heterocycles. The summed E-state index contributed by atoms with van der Waals surface area (Å²) in [6.07, 6.45) is -1.27. The number of hydrogen-bond acceptors (Lipinski definition) is 5. The number of primary amides is 1. The molecule has 1 atom stereocenters. The molecule has 1 aromatic carbocycles. The number of halogens is 2. The van der Waals surface area contributed by atoms with E-state index in [2.05, 4.69) is 5.32 Å². The third kappa shape index (κ3) is 3.93. The maximum Gasteiger partial charge on any atom is 0.341 e. The Bertz CT molecular complexity index is 807. The van der Waals surface area contributed by atoms with Crippen LogP contribution in [0.25, 0.3) is 0 Å². The Morgan fingerprint density at radius 3 is 2.54 bits per heavy atom. The number of carbonyl (C=O) groups excluding carboxylic acids is 3. The molecule has 0 aliphatic rings. The summed E-state index contributed by atoms with van der Waals surface area (Å²) in [6, 6.07) is 3.79. The molecule has 6 nitrogen and oxygen atoms in total. The first-order chi connectivity index (χ1) is 11.3. The maximum atomic E-state index is 13.5. The van der Waals surface area contributed by atoms with Crippen LogP contribution in [0.5, 0.6) is 0 Å². The highest BCUT2D eigenvalue weighted by Crippen LogP contribution is 2.23. The van der Waals surface area contributed by atoms with E-state index in [1.165, 1.54) is 13.0 Å². The molecule has 0 spiro atoms. The minimum Gasteiger partial charge on any atom is -0.449 e. The Balaban J connectivity index is 2.04. The Kier molecular flexibility index (Phi) is 5.24. The van der Waals surface area contributed by atoms with E-state index in [4.69, 9.17) is 10.5 Å². The highest BCUT2D eigenvalue weighted by molar-refractivity contribution is 7.14. The van der Waals surface area contributed by atoms with Crippen LogP contribution in [0, 0.1) is 11.6 Å². The summed E-state index contributed by atoms with van der Waals surface area (Å²) in [4.78, 5) is 35.0. The average Bonchev–Trinajstić information content (AvgIpc) is 2.95. The SMILES string of the molecule is CC(OC(=O)c1ccc(F)cc1F)C(=O)Nc1sccc1C(N)=O. The molecule has 0 bridgehead atoms. The smallest absolute Gasteiger partial charge is 0.341 e. The second kappa shape index (κ2) is 7.18. The van der Waals surface area contributed by atoms with Crippen molar-refractivity contribution in [2.75, 3.05) is 5.32 Å². The van der Waals surface area contributed by atoms with Crippen molar-refractivity contribution in [1.29, 1.82) is 0 Å². The van der Waals surface area contributed by atoms with Crippen molar-refractivity contribution < 1.29 is 27.9 Å². The molecule has 0 saturated carbocycles. The van der Waals surface area contributed by atoms with Gasteiger partial charge in [0.25, 0.3) is 11.8 Å². The molecule has 0 fully saturated rings. The first kappa shape index (κ1) is 17.5. The van der Waals surface area contributed by atoms with Crippen LogP contribution in [-0.4, -0.2) is 23.9 Å². The summed E-state index contributed by atoms with van der Waals surface area (Å²) in [5.74, 6) is -4.50. The Hall–Kier alpha value is -2.81. The second-order valence-electron chi connectivity index (χ2n) is 4.69. The van der Waals surface area contributed by atoms with Crippen LogP contribution in [0.4, 0.5) is 13.8 Å². The van der Waals surface area contributed by atoms with Gasteiger partial charge in [-0.05, 0) is 30.5 Å². The highest BCUT2D eigenvalue weighted by Gasteiger charge is 2.23. The zero-order valence-electron chi connectivity index (χ0n) is 12.3. The van der Waals surface area contributed by atoms with Crippen molar-refractivity contribution in [1.82, 2.24) is 0 Å². The number of benzene rings is 1. The standard InChI is InChI=1S/C15H12F2N2O4S/c1-7(13(21)19-14-10(12(18)20)4-5-24-14)23-15(22)9-3-2-8(16)6-11(9)17/h2-7H,1H3,(H2,18,20)(H,19,21). The van der Waals surface area contributed by atoms with E-state index in [0.29, 0.717) is 6.07 Å². The number of ether oxygens (including phenoxy) is 1. The van der Waals surface area contributed by atoms with Crippen LogP contribution in [0.1, 0.15) is 27.6 Å². The summed E-state index contributed by atoms with van der Waals surface area (Å²) < 4.78 is 31.2. The molecule has 1 heterocycles. The van der Waals surface area contributed by atoms with Gasteiger partial charge in [0.05, 0.1) is 11.1 Å². The van der Waals surface area contributed by atoms with E-state index in [0.717, 1.165) is 23.5 Å². The summed E-state index contributed by atoms with van der Waals surface area (Å²) in [6.45, 7) is 1.27. The minimum atomic E-state index is -1.27. The molecule has 2 aromatic rings. The van der Waals surface area contributed by atoms with Crippen LogP contribution >= 0.6 is 11.3 Å². The lowest BCUT2D eigenvalue weighted by Crippen LogP contribution is -2.30. The molecule has 1 aromatic heterocycles. The van der Waals surface area contributed by atoms with Gasteiger partial charge in [0.15, 0.2) is 6.10 Å². The minimum absolute atomic E-state index is 0.122. The number of amides is 2. The van der Waals surface area contributed by atoms with Crippen LogP contribution in [0.3, 0.4) is 0 Å². The van der Waals surface area contributed by atoms with Gasteiger partial charge < -0.3 is 15.8 Å². The topological polar surface area (TPSA) is 98.5 Å². The fourth-order valence-electron chi connectivity index (χ4n) is 1.75. The molecule has 9 heteroatoms. The van der Waals surface area contributed by atoms with Crippen molar-refractivity contribution in [2.24, 2.45) is 5.73 Å². The summed E-state index contributed by atoms with van der Waals surface area (Å²) in [5.41, 5.74) is 4.78. The number of nitrogens with two attached hydrogens (primary N) is 1. The molecule has 0 aliphatic carbocycles. The average molecular weight is 354 g/mol. The molecule has 2 rings (SSSR count). The van der Waals surface area contributed by atoms with Gasteiger partial charge in [-0.3, -0.25) is 9.59 Å². The van der Waals surface area contributed by atoms with Gasteiger partial charge in [0.2, 0.25) is 0 Å². The van der Waals surface area contributed by atoms with Gasteiger partial charge in [-0.15, -0.1) is 11.3 Å². The lowest BCUT2D eigenvalue weighted by atomic mass is 10.2. The normalized spacial score (nSPS) is 11.6. The molecule has 3 N–H and O–H groups in total. The monoisotopic (exact) mass is 354 g/mol. The van der Waals surface area contributed by atoms with Gasteiger partial charge in [-0.2, -0.15) is 0 Å². The van der Waals surface area contributed by atoms with Crippen LogP contribution in [0.2, 0.25) is 0 Å². The van der Waals surface area contributed by atoms with Crippen molar-refractivity contribution in [3.05, 3.63) is 52.4 Å². The van der Waals surface area contributed by atoms with Crippen LogP contribution in [-0.2, 0) is 9.53 Å². The van der Waals surface area contributed by atoms with Crippen LogP contribution < -0.4 is 11.1 Å². The molecular weight excluding hydrogens is 342 g/mol. The Morgan fingerprint density at radius 2 is 1.92 bits per heavy atom. The summed E-state index contributed by atoms with van der Waals surface area (Å²) in [7, 11) is 0. The number of nitrogens with one attached hydrogen (secondary N) is 1. The second-order valence-corrected chi connectivity index (χ2v) is 5.60. The predicted molar refractivity (Wildman–Crippen MR) is 82.7 cm³/mol. The van der Waals surface area contributed by atoms with Gasteiger partial charge in [0, 0.05) is 6.07 Å². The molecule has 24 heavy (non-hydrogen) atoms. The first-order valence-electron chi connectivity index (χ1n) is 6.63. The number of esters is 1. The van der Waals surface area contributed by atoms with Gasteiger partial charge >= 0.3 is 5.97 Å². The Labute approximate surface area is 139 Å². The molecular formula is C15H12F2N2O4S. The lowest BCUT2D eigenvalue weighted by Gasteiger charge is -2.13. The number of hydrogen-bond donors (Lipinski definition) is 2. The van der Waals surface area contributed by atoms with E-state index >= 15 is 0 Å². The Morgan fingerprint density at radius 1 is 1.21 bits per heavy atom. The van der Waals surface area contributed by atoms with E-state index in [1.807, 2.05) is 0 Å². The van der Waals surface area contributed by atoms with Crippen molar-refractivity contribution >= 4 is 34.1 Å². The van der Waals surface area contributed by atoms with E-state index in [1.54, 1.807) is 5.38 Å². The van der Waals surface area contributed by atoms with Crippen molar-refractivity contribution in [2.45, 2.75) is 13.0 Å². The van der Waals surface area contributed by atoms with Crippen LogP contribution in [0.15, 0.2) is 29.6 Å². The van der Waals surface area contributed by atoms with Gasteiger partial charge in [-0.25, -0.2) is 13.6 Å². The number of thiophene rings is 1. The summed E-state index contributed by atoms with van der Waals surface area (Å²) >= 11 is 1.07. The van der Waals surface area contributed by atoms with E-state index < -0.39 is 41.1 Å². The van der Waals surface area contributed by atoms with Crippen molar-refractivity contribution in [3.8, 4) is 0 Å². The van der Waals surface area contributed by atoms with E-state index in [-0.39, 0.29) is 10.6 Å². The molecule has 2 amide bonds. The zero-order chi connectivity index (χ0) is 17.9. The van der Waals surface area contributed by atoms with E-state index in [9.17, 15) is 23.2 Å². The fraction of sp³-hybridized carbons (Fsp3) is 0.133.